The van der Waals surface area contributed by atoms with E-state index in [0.29, 0.717) is 0 Å². The second-order valence-electron chi connectivity index (χ2n) is 3.64. The van der Waals surface area contributed by atoms with Gasteiger partial charge in [-0.25, -0.2) is 14.6 Å². The van der Waals surface area contributed by atoms with Gasteiger partial charge >= 0.3 is 0 Å². The maximum atomic E-state index is 5.68. The number of aromatic nitrogens is 5. The van der Waals surface area contributed by atoms with Gasteiger partial charge in [0.1, 0.15) is 17.2 Å². The van der Waals surface area contributed by atoms with E-state index in [2.05, 4.69) is 32.3 Å². The van der Waals surface area contributed by atoms with Crippen molar-refractivity contribution in [3.63, 3.8) is 0 Å². The Morgan fingerprint density at radius 2 is 2.28 bits per heavy atom. The zero-order valence-electron chi connectivity index (χ0n) is 10.3. The first-order valence-electron chi connectivity index (χ1n) is 5.59. The molecule has 18 heavy (non-hydrogen) atoms. The van der Waals surface area contributed by atoms with E-state index in [1.165, 1.54) is 18.1 Å². The smallest absolute Gasteiger partial charge is 0.223 e. The molecule has 0 spiro atoms. The van der Waals surface area contributed by atoms with Crippen molar-refractivity contribution in [2.24, 2.45) is 7.05 Å². The Labute approximate surface area is 109 Å². The molecule has 2 aromatic heterocycles. The topological polar surface area (TPSA) is 94.5 Å². The molecule has 0 aliphatic carbocycles. The van der Waals surface area contributed by atoms with Crippen LogP contribution < -0.4 is 11.1 Å². The van der Waals surface area contributed by atoms with E-state index >= 15 is 0 Å². The second kappa shape index (κ2) is 5.67. The molecule has 0 saturated heterocycles. The number of hydrogen-bond donors (Lipinski definition) is 2. The minimum atomic E-state index is 0.251. The number of aryl methyl sites for hydroxylation is 1. The Morgan fingerprint density at radius 3 is 2.94 bits per heavy atom. The largest absolute Gasteiger partial charge is 0.370 e. The van der Waals surface area contributed by atoms with Crippen molar-refractivity contribution in [3.8, 4) is 0 Å². The Bertz CT molecular complexity index is 525. The lowest BCUT2D eigenvalue weighted by Gasteiger charge is -2.06. The Kier molecular flexibility index (Phi) is 3.98. The second-order valence-corrected chi connectivity index (χ2v) is 4.63. The highest BCUT2D eigenvalue weighted by Crippen LogP contribution is 2.25. The van der Waals surface area contributed by atoms with Crippen LogP contribution in [0.2, 0.25) is 0 Å². The first-order chi connectivity index (χ1) is 8.69. The maximum absolute atomic E-state index is 5.68. The molecule has 0 atom stereocenters. The van der Waals surface area contributed by atoms with Crippen LogP contribution in [0, 0.1) is 0 Å². The Hall–Kier alpha value is -1.83. The van der Waals surface area contributed by atoms with Crippen LogP contribution in [0.3, 0.4) is 0 Å². The summed E-state index contributed by atoms with van der Waals surface area (Å²) in [6.07, 6.45) is 2.53. The van der Waals surface area contributed by atoms with Crippen LogP contribution in [-0.4, -0.2) is 31.3 Å². The molecule has 8 heteroatoms. The minimum Gasteiger partial charge on any atom is -0.370 e. The predicted octanol–water partition coefficient (Wildman–Crippen LogP) is 1.16. The van der Waals surface area contributed by atoms with Gasteiger partial charge in [0.25, 0.3) is 0 Å². The third-order valence-electron chi connectivity index (χ3n) is 2.14. The molecule has 96 valence electrons. The number of nitrogens with zero attached hydrogens (tertiary/aromatic N) is 5. The van der Waals surface area contributed by atoms with Gasteiger partial charge in [-0.15, -0.1) is 0 Å². The summed E-state index contributed by atoms with van der Waals surface area (Å²) >= 11 is 1.40. The van der Waals surface area contributed by atoms with E-state index in [0.717, 1.165) is 29.0 Å². The lowest BCUT2D eigenvalue weighted by molar-refractivity contribution is 0.684. The van der Waals surface area contributed by atoms with E-state index in [-0.39, 0.29) is 5.95 Å². The molecule has 0 aliphatic rings. The zero-order chi connectivity index (χ0) is 13.0. The van der Waals surface area contributed by atoms with Crippen molar-refractivity contribution in [2.45, 2.75) is 23.5 Å². The quantitative estimate of drug-likeness (QED) is 0.783. The summed E-state index contributed by atoms with van der Waals surface area (Å²) in [6.45, 7) is 2.94. The Balaban J connectivity index is 2.17. The molecule has 0 fully saturated rings. The summed E-state index contributed by atoms with van der Waals surface area (Å²) in [5.74, 6) is 0.981. The molecule has 0 aliphatic heterocycles. The van der Waals surface area contributed by atoms with Gasteiger partial charge in [-0.2, -0.15) is 10.1 Å². The van der Waals surface area contributed by atoms with Gasteiger partial charge in [0.2, 0.25) is 5.95 Å². The molecule has 0 aromatic carbocycles. The molecule has 2 rings (SSSR count). The third kappa shape index (κ3) is 3.10. The van der Waals surface area contributed by atoms with Crippen LogP contribution in [-0.2, 0) is 7.05 Å². The van der Waals surface area contributed by atoms with Crippen LogP contribution in [0.5, 0.6) is 0 Å². The fourth-order valence-electron chi connectivity index (χ4n) is 1.31. The molecule has 0 amide bonds. The highest BCUT2D eigenvalue weighted by atomic mass is 32.2. The van der Waals surface area contributed by atoms with Crippen LogP contribution in [0.1, 0.15) is 13.3 Å². The van der Waals surface area contributed by atoms with Crippen molar-refractivity contribution >= 4 is 23.5 Å². The number of nitrogen functional groups attached to an aromatic ring is 1. The van der Waals surface area contributed by atoms with Gasteiger partial charge in [0, 0.05) is 19.7 Å². The van der Waals surface area contributed by atoms with Gasteiger partial charge in [-0.05, 0) is 18.2 Å². The lowest BCUT2D eigenvalue weighted by Crippen LogP contribution is -2.05. The number of anilines is 2. The SMILES string of the molecule is CCCNc1cc(Sc2ncnn2C)nc(N)n1. The van der Waals surface area contributed by atoms with E-state index in [4.69, 9.17) is 5.73 Å². The molecule has 7 nitrogen and oxygen atoms in total. The Morgan fingerprint density at radius 1 is 1.44 bits per heavy atom. The highest BCUT2D eigenvalue weighted by Gasteiger charge is 2.07. The van der Waals surface area contributed by atoms with Gasteiger partial charge in [0.15, 0.2) is 5.16 Å². The highest BCUT2D eigenvalue weighted by molar-refractivity contribution is 7.99. The molecule has 0 unspecified atom stereocenters. The number of rotatable bonds is 5. The van der Waals surface area contributed by atoms with Crippen molar-refractivity contribution in [1.82, 2.24) is 24.7 Å². The summed E-state index contributed by atoms with van der Waals surface area (Å²) in [6, 6.07) is 1.85. The van der Waals surface area contributed by atoms with Gasteiger partial charge in [-0.1, -0.05) is 6.92 Å². The normalized spacial score (nSPS) is 10.6. The van der Waals surface area contributed by atoms with Gasteiger partial charge < -0.3 is 11.1 Å². The molecule has 0 radical (unpaired) electrons. The van der Waals surface area contributed by atoms with E-state index in [1.807, 2.05) is 13.1 Å². The van der Waals surface area contributed by atoms with Crippen LogP contribution >= 0.6 is 11.8 Å². The summed E-state index contributed by atoms with van der Waals surface area (Å²) in [7, 11) is 1.83. The van der Waals surface area contributed by atoms with Crippen molar-refractivity contribution in [3.05, 3.63) is 12.4 Å². The number of hydrogen-bond acceptors (Lipinski definition) is 7. The molecule has 0 saturated carbocycles. The lowest BCUT2D eigenvalue weighted by atomic mass is 10.4. The summed E-state index contributed by atoms with van der Waals surface area (Å²) in [5, 5.41) is 8.69. The zero-order valence-corrected chi connectivity index (χ0v) is 11.1. The average Bonchev–Trinajstić information content (AvgIpc) is 2.72. The first kappa shape index (κ1) is 12.6. The van der Waals surface area contributed by atoms with E-state index < -0.39 is 0 Å². The summed E-state index contributed by atoms with van der Waals surface area (Å²) in [5.41, 5.74) is 5.68. The molecule has 3 N–H and O–H groups in total. The standard InChI is InChI=1S/C10H15N7S/c1-3-4-12-7-5-8(16-9(11)15-7)18-10-13-6-14-17(10)2/h5-6H,3-4H2,1-2H3,(H3,11,12,15,16). The maximum Gasteiger partial charge on any atom is 0.223 e. The predicted molar refractivity (Wildman–Crippen MR) is 70.4 cm³/mol. The average molecular weight is 265 g/mol. The fourth-order valence-corrected chi connectivity index (χ4v) is 2.09. The third-order valence-corrected chi connectivity index (χ3v) is 3.11. The van der Waals surface area contributed by atoms with E-state index in [9.17, 15) is 0 Å². The number of nitrogens with one attached hydrogen (secondary N) is 1. The van der Waals surface area contributed by atoms with Gasteiger partial charge in [0.05, 0.1) is 0 Å². The van der Waals surface area contributed by atoms with Crippen molar-refractivity contribution in [2.75, 3.05) is 17.6 Å². The molecular weight excluding hydrogens is 250 g/mol. The molecule has 2 heterocycles. The molecular formula is C10H15N7S. The van der Waals surface area contributed by atoms with Crippen molar-refractivity contribution in [1.29, 1.82) is 0 Å². The van der Waals surface area contributed by atoms with Crippen LogP contribution in [0.15, 0.2) is 22.6 Å². The monoisotopic (exact) mass is 265 g/mol. The summed E-state index contributed by atoms with van der Waals surface area (Å²) < 4.78 is 1.68. The van der Waals surface area contributed by atoms with Crippen LogP contribution in [0.25, 0.3) is 0 Å². The fraction of sp³-hybridized carbons (Fsp3) is 0.400. The minimum absolute atomic E-state index is 0.251. The van der Waals surface area contributed by atoms with Crippen molar-refractivity contribution < 1.29 is 0 Å². The number of nitrogens with two attached hydrogens (primary N) is 1. The van der Waals surface area contributed by atoms with Gasteiger partial charge in [-0.3, -0.25) is 0 Å². The molecule has 0 bridgehead atoms. The van der Waals surface area contributed by atoms with E-state index in [1.54, 1.807) is 4.68 Å². The summed E-state index contributed by atoms with van der Waals surface area (Å²) in [4.78, 5) is 12.4. The molecule has 2 aromatic rings. The first-order valence-corrected chi connectivity index (χ1v) is 6.41. The van der Waals surface area contributed by atoms with Crippen LogP contribution in [0.4, 0.5) is 11.8 Å².